The van der Waals surface area contributed by atoms with Gasteiger partial charge in [-0.1, -0.05) is 77.9 Å². The average Bonchev–Trinajstić information content (AvgIpc) is 2.41. The topological polar surface area (TPSA) is 0 Å². The normalized spacial score (nSPS) is 17.6. The van der Waals surface area contributed by atoms with Crippen LogP contribution in [-0.2, 0) is 0 Å². The average molecular weight is 252 g/mol. The second kappa shape index (κ2) is 10.6. The standard InChI is InChI=1S/C18H36/c1-7-11-12-13-17(10-4)14-18(15(5)8-2)16(6)9-3/h8,16-18H,7,9-14H2,1-6H3. The van der Waals surface area contributed by atoms with Crippen LogP contribution in [0.4, 0.5) is 0 Å². The zero-order valence-corrected chi connectivity index (χ0v) is 13.8. The van der Waals surface area contributed by atoms with Gasteiger partial charge in [-0.2, -0.15) is 0 Å². The Kier molecular flexibility index (Phi) is 10.5. The first-order chi connectivity index (χ1) is 8.60. The quantitative estimate of drug-likeness (QED) is 0.303. The molecule has 0 saturated heterocycles. The first kappa shape index (κ1) is 17.7. The minimum atomic E-state index is 0.812. The van der Waals surface area contributed by atoms with Crippen molar-refractivity contribution in [2.45, 2.75) is 86.5 Å². The van der Waals surface area contributed by atoms with Crippen LogP contribution in [0.1, 0.15) is 86.5 Å². The molecule has 0 heteroatoms. The Labute approximate surface area is 116 Å². The van der Waals surface area contributed by atoms with Crippen LogP contribution in [-0.4, -0.2) is 0 Å². The molecular formula is C18H36. The van der Waals surface area contributed by atoms with E-state index in [4.69, 9.17) is 0 Å². The maximum Gasteiger partial charge on any atom is -0.0178 e. The Balaban J connectivity index is 4.43. The molecular weight excluding hydrogens is 216 g/mol. The fourth-order valence-electron chi connectivity index (χ4n) is 2.90. The highest BCUT2D eigenvalue weighted by molar-refractivity contribution is 5.03. The molecule has 0 aromatic heterocycles. The molecule has 0 bridgehead atoms. The lowest BCUT2D eigenvalue weighted by Gasteiger charge is -2.28. The molecule has 0 amide bonds. The Morgan fingerprint density at radius 1 is 1.06 bits per heavy atom. The third-order valence-electron chi connectivity index (χ3n) is 4.75. The minimum Gasteiger partial charge on any atom is -0.0884 e. The van der Waals surface area contributed by atoms with Crippen molar-refractivity contribution in [3.05, 3.63) is 11.6 Å². The molecule has 0 aliphatic carbocycles. The molecule has 3 atom stereocenters. The van der Waals surface area contributed by atoms with Crippen molar-refractivity contribution in [1.82, 2.24) is 0 Å². The summed E-state index contributed by atoms with van der Waals surface area (Å²) >= 11 is 0. The number of rotatable bonds is 10. The van der Waals surface area contributed by atoms with Crippen molar-refractivity contribution < 1.29 is 0 Å². The van der Waals surface area contributed by atoms with Gasteiger partial charge < -0.3 is 0 Å². The summed E-state index contributed by atoms with van der Waals surface area (Å²) in [7, 11) is 0. The summed E-state index contributed by atoms with van der Waals surface area (Å²) in [5.74, 6) is 2.58. The Bertz CT molecular complexity index is 214. The van der Waals surface area contributed by atoms with E-state index in [-0.39, 0.29) is 0 Å². The van der Waals surface area contributed by atoms with Crippen LogP contribution < -0.4 is 0 Å². The van der Waals surface area contributed by atoms with E-state index >= 15 is 0 Å². The maximum atomic E-state index is 2.43. The summed E-state index contributed by atoms with van der Waals surface area (Å²) in [5.41, 5.74) is 1.61. The van der Waals surface area contributed by atoms with Gasteiger partial charge in [-0.05, 0) is 38.0 Å². The number of hydrogen-bond donors (Lipinski definition) is 0. The molecule has 0 rings (SSSR count). The lowest BCUT2D eigenvalue weighted by molar-refractivity contribution is 0.292. The Morgan fingerprint density at radius 3 is 2.17 bits per heavy atom. The largest absolute Gasteiger partial charge is 0.0884 e. The van der Waals surface area contributed by atoms with Gasteiger partial charge in [0.05, 0.1) is 0 Å². The van der Waals surface area contributed by atoms with Crippen LogP contribution in [0, 0.1) is 17.8 Å². The molecule has 108 valence electrons. The van der Waals surface area contributed by atoms with E-state index in [2.05, 4.69) is 47.6 Å². The summed E-state index contributed by atoms with van der Waals surface area (Å²) in [4.78, 5) is 0. The predicted octanol–water partition coefficient (Wildman–Crippen LogP) is 6.61. The summed E-state index contributed by atoms with van der Waals surface area (Å²) in [6.45, 7) is 14.0. The molecule has 0 fully saturated rings. The van der Waals surface area contributed by atoms with E-state index in [1.165, 1.54) is 44.9 Å². The Morgan fingerprint density at radius 2 is 1.72 bits per heavy atom. The lowest BCUT2D eigenvalue weighted by atomic mass is 9.77. The van der Waals surface area contributed by atoms with Crippen molar-refractivity contribution in [3.63, 3.8) is 0 Å². The van der Waals surface area contributed by atoms with Gasteiger partial charge in [-0.3, -0.25) is 0 Å². The predicted molar refractivity (Wildman–Crippen MR) is 84.9 cm³/mol. The molecule has 0 aliphatic rings. The first-order valence-electron chi connectivity index (χ1n) is 8.23. The minimum absolute atomic E-state index is 0.812. The molecule has 0 aliphatic heterocycles. The van der Waals surface area contributed by atoms with Gasteiger partial charge in [0.15, 0.2) is 0 Å². The molecule has 0 aromatic carbocycles. The smallest absolute Gasteiger partial charge is 0.0178 e. The van der Waals surface area contributed by atoms with E-state index in [1.807, 2.05) is 0 Å². The van der Waals surface area contributed by atoms with Crippen molar-refractivity contribution in [2.24, 2.45) is 17.8 Å². The van der Waals surface area contributed by atoms with Gasteiger partial charge in [0, 0.05) is 0 Å². The van der Waals surface area contributed by atoms with E-state index in [0.29, 0.717) is 0 Å². The number of allylic oxidation sites excluding steroid dienone is 2. The SMILES string of the molecule is CC=C(C)C(CC(CC)CCCCC)C(C)CC. The van der Waals surface area contributed by atoms with Crippen molar-refractivity contribution >= 4 is 0 Å². The fraction of sp³-hybridized carbons (Fsp3) is 0.889. The number of unbranched alkanes of at least 4 members (excludes halogenated alkanes) is 2. The second-order valence-electron chi connectivity index (χ2n) is 6.03. The van der Waals surface area contributed by atoms with Crippen LogP contribution in [0.15, 0.2) is 11.6 Å². The third-order valence-corrected chi connectivity index (χ3v) is 4.75. The zero-order valence-electron chi connectivity index (χ0n) is 13.8. The molecule has 0 heterocycles. The van der Waals surface area contributed by atoms with Crippen LogP contribution >= 0.6 is 0 Å². The first-order valence-corrected chi connectivity index (χ1v) is 8.23. The number of hydrogen-bond acceptors (Lipinski definition) is 0. The van der Waals surface area contributed by atoms with Crippen molar-refractivity contribution in [1.29, 1.82) is 0 Å². The van der Waals surface area contributed by atoms with E-state index in [9.17, 15) is 0 Å². The highest BCUT2D eigenvalue weighted by Crippen LogP contribution is 2.32. The lowest BCUT2D eigenvalue weighted by Crippen LogP contribution is -2.17. The third kappa shape index (κ3) is 6.61. The molecule has 0 radical (unpaired) electrons. The van der Waals surface area contributed by atoms with Gasteiger partial charge >= 0.3 is 0 Å². The highest BCUT2D eigenvalue weighted by atomic mass is 14.3. The molecule has 0 aromatic rings. The van der Waals surface area contributed by atoms with Crippen LogP contribution in [0.3, 0.4) is 0 Å². The van der Waals surface area contributed by atoms with Gasteiger partial charge in [-0.15, -0.1) is 0 Å². The summed E-state index contributed by atoms with van der Waals surface area (Å²) < 4.78 is 0. The van der Waals surface area contributed by atoms with Gasteiger partial charge in [0.1, 0.15) is 0 Å². The summed E-state index contributed by atoms with van der Waals surface area (Å²) in [5, 5.41) is 0. The van der Waals surface area contributed by atoms with E-state index in [0.717, 1.165) is 17.8 Å². The molecule has 3 unspecified atom stereocenters. The molecule has 0 saturated carbocycles. The molecule has 0 nitrogen and oxygen atoms in total. The summed E-state index contributed by atoms with van der Waals surface area (Å²) in [6, 6.07) is 0. The fourth-order valence-corrected chi connectivity index (χ4v) is 2.90. The Hall–Kier alpha value is -0.260. The second-order valence-corrected chi connectivity index (χ2v) is 6.03. The van der Waals surface area contributed by atoms with Crippen molar-refractivity contribution in [3.8, 4) is 0 Å². The van der Waals surface area contributed by atoms with Gasteiger partial charge in [0.25, 0.3) is 0 Å². The van der Waals surface area contributed by atoms with Crippen LogP contribution in [0.25, 0.3) is 0 Å². The summed E-state index contributed by atoms with van der Waals surface area (Å²) in [6.07, 6.45) is 12.0. The molecule has 0 spiro atoms. The van der Waals surface area contributed by atoms with Crippen LogP contribution in [0.2, 0.25) is 0 Å². The van der Waals surface area contributed by atoms with E-state index in [1.54, 1.807) is 5.57 Å². The van der Waals surface area contributed by atoms with Gasteiger partial charge in [-0.25, -0.2) is 0 Å². The van der Waals surface area contributed by atoms with Crippen LogP contribution in [0.5, 0.6) is 0 Å². The molecule has 0 N–H and O–H groups in total. The molecule has 18 heavy (non-hydrogen) atoms. The van der Waals surface area contributed by atoms with Gasteiger partial charge in [0.2, 0.25) is 0 Å². The monoisotopic (exact) mass is 252 g/mol. The maximum absolute atomic E-state index is 2.43. The van der Waals surface area contributed by atoms with Crippen molar-refractivity contribution in [2.75, 3.05) is 0 Å². The highest BCUT2D eigenvalue weighted by Gasteiger charge is 2.21. The van der Waals surface area contributed by atoms with E-state index < -0.39 is 0 Å². The zero-order chi connectivity index (χ0) is 14.0.